The smallest absolute Gasteiger partial charge is 0.0318 e. The molecule has 0 N–H and O–H groups in total. The standard InChI is InChI=1S/C18H30/c1-9-5-7-13-15(9)11(3)17-12(4)16-10(2)6-8-14(16)18(13)17/h9-18H,5-8H2,1-4H3. The number of hydrogen-bond donors (Lipinski definition) is 0. The van der Waals surface area contributed by atoms with Crippen molar-refractivity contribution in [2.24, 2.45) is 59.2 Å². The van der Waals surface area contributed by atoms with E-state index in [1.54, 1.807) is 12.8 Å². The summed E-state index contributed by atoms with van der Waals surface area (Å²) in [6.45, 7) is 10.3. The molecule has 4 saturated carbocycles. The van der Waals surface area contributed by atoms with E-state index >= 15 is 0 Å². The first-order chi connectivity index (χ1) is 8.61. The molecule has 0 aromatic heterocycles. The third-order valence-electron chi connectivity index (χ3n) is 8.08. The van der Waals surface area contributed by atoms with Crippen LogP contribution in [-0.4, -0.2) is 0 Å². The molecule has 4 aliphatic rings. The maximum atomic E-state index is 2.62. The molecule has 0 amide bonds. The molecule has 18 heavy (non-hydrogen) atoms. The van der Waals surface area contributed by atoms with Crippen molar-refractivity contribution >= 4 is 0 Å². The van der Waals surface area contributed by atoms with E-state index < -0.39 is 0 Å². The Morgan fingerprint density at radius 1 is 0.500 bits per heavy atom. The van der Waals surface area contributed by atoms with Gasteiger partial charge >= 0.3 is 0 Å². The van der Waals surface area contributed by atoms with Crippen molar-refractivity contribution in [2.75, 3.05) is 0 Å². The molecule has 8 atom stereocenters. The highest BCUT2D eigenvalue weighted by atomic mass is 14.7. The van der Waals surface area contributed by atoms with E-state index in [1.165, 1.54) is 12.8 Å². The maximum absolute atomic E-state index is 2.62. The number of hydrogen-bond acceptors (Lipinski definition) is 0. The summed E-state index contributed by atoms with van der Waals surface area (Å²) in [4.78, 5) is 0. The largest absolute Gasteiger partial charge is 0.0622 e. The van der Waals surface area contributed by atoms with Crippen LogP contribution in [0.1, 0.15) is 53.4 Å². The van der Waals surface area contributed by atoms with E-state index in [0.29, 0.717) is 0 Å². The Balaban J connectivity index is 1.71. The van der Waals surface area contributed by atoms with Crippen LogP contribution < -0.4 is 0 Å². The second-order valence-corrected chi connectivity index (χ2v) is 8.46. The Kier molecular flexibility index (Phi) is 2.47. The molecule has 0 aromatic carbocycles. The monoisotopic (exact) mass is 246 g/mol. The van der Waals surface area contributed by atoms with Crippen LogP contribution in [0.25, 0.3) is 0 Å². The molecule has 0 heteroatoms. The predicted molar refractivity (Wildman–Crippen MR) is 76.1 cm³/mol. The zero-order chi connectivity index (χ0) is 12.6. The van der Waals surface area contributed by atoms with Gasteiger partial charge < -0.3 is 0 Å². The summed E-state index contributed by atoms with van der Waals surface area (Å²) >= 11 is 0. The van der Waals surface area contributed by atoms with Crippen molar-refractivity contribution in [3.63, 3.8) is 0 Å². The van der Waals surface area contributed by atoms with Gasteiger partial charge in [-0.1, -0.05) is 40.5 Å². The van der Waals surface area contributed by atoms with Crippen molar-refractivity contribution in [3.05, 3.63) is 0 Å². The van der Waals surface area contributed by atoms with E-state index in [-0.39, 0.29) is 0 Å². The second-order valence-electron chi connectivity index (χ2n) is 8.46. The van der Waals surface area contributed by atoms with Gasteiger partial charge in [-0.2, -0.15) is 0 Å². The van der Waals surface area contributed by atoms with Gasteiger partial charge in [-0.05, 0) is 72.0 Å². The van der Waals surface area contributed by atoms with Crippen molar-refractivity contribution in [3.8, 4) is 0 Å². The summed E-state index contributed by atoms with van der Waals surface area (Å²) < 4.78 is 0. The molecule has 0 radical (unpaired) electrons. The molecule has 0 bridgehead atoms. The molecule has 0 aromatic rings. The SMILES string of the molecule is CC1CCC2C1C(C)C1C(C)C3C(C)CCC3C21. The third kappa shape index (κ3) is 1.23. The summed E-state index contributed by atoms with van der Waals surface area (Å²) in [6, 6.07) is 0. The predicted octanol–water partition coefficient (Wildman–Crippen LogP) is 4.84. The highest BCUT2D eigenvalue weighted by molar-refractivity contribution is 5.11. The molecule has 4 fully saturated rings. The molecule has 0 aliphatic heterocycles. The summed E-state index contributed by atoms with van der Waals surface area (Å²) in [5, 5.41) is 0. The Bertz CT molecular complexity index is 314. The lowest BCUT2D eigenvalue weighted by atomic mass is 9.75. The minimum Gasteiger partial charge on any atom is -0.0622 e. The molecular formula is C18H30. The highest BCUT2D eigenvalue weighted by Crippen LogP contribution is 2.69. The second kappa shape index (κ2) is 3.76. The Morgan fingerprint density at radius 2 is 0.944 bits per heavy atom. The van der Waals surface area contributed by atoms with Crippen LogP contribution in [0.2, 0.25) is 0 Å². The van der Waals surface area contributed by atoms with Crippen LogP contribution in [0.5, 0.6) is 0 Å². The lowest BCUT2D eigenvalue weighted by Gasteiger charge is -2.30. The van der Waals surface area contributed by atoms with Crippen molar-refractivity contribution in [2.45, 2.75) is 53.4 Å². The molecule has 0 spiro atoms. The minimum atomic E-state index is 1.03. The first-order valence-electron chi connectivity index (χ1n) is 8.61. The Labute approximate surface area is 113 Å². The van der Waals surface area contributed by atoms with Crippen LogP contribution in [0.4, 0.5) is 0 Å². The van der Waals surface area contributed by atoms with Crippen molar-refractivity contribution in [1.82, 2.24) is 0 Å². The van der Waals surface area contributed by atoms with Gasteiger partial charge in [-0.3, -0.25) is 0 Å². The van der Waals surface area contributed by atoms with Gasteiger partial charge in [0.2, 0.25) is 0 Å². The molecule has 4 rings (SSSR count). The highest BCUT2D eigenvalue weighted by Gasteiger charge is 2.63. The van der Waals surface area contributed by atoms with Crippen LogP contribution in [0, 0.1) is 59.2 Å². The molecule has 102 valence electrons. The molecule has 4 aliphatic carbocycles. The van der Waals surface area contributed by atoms with Gasteiger partial charge in [0.1, 0.15) is 0 Å². The van der Waals surface area contributed by atoms with Crippen LogP contribution in [-0.2, 0) is 0 Å². The van der Waals surface area contributed by atoms with E-state index in [4.69, 9.17) is 0 Å². The minimum absolute atomic E-state index is 1.03. The lowest BCUT2D eigenvalue weighted by Crippen LogP contribution is -2.24. The lowest BCUT2D eigenvalue weighted by molar-refractivity contribution is 0.183. The average Bonchev–Trinajstić information content (AvgIpc) is 2.99. The number of fused-ring (bicyclic) bond motifs is 5. The Hall–Kier alpha value is 0. The van der Waals surface area contributed by atoms with Gasteiger partial charge in [-0.15, -0.1) is 0 Å². The molecule has 0 nitrogen and oxygen atoms in total. The molecule has 8 unspecified atom stereocenters. The van der Waals surface area contributed by atoms with Gasteiger partial charge in [0.05, 0.1) is 0 Å². The zero-order valence-electron chi connectivity index (χ0n) is 12.6. The molecule has 0 heterocycles. The van der Waals surface area contributed by atoms with Gasteiger partial charge in [-0.25, -0.2) is 0 Å². The van der Waals surface area contributed by atoms with Crippen LogP contribution >= 0.6 is 0 Å². The quantitative estimate of drug-likeness (QED) is 0.573. The number of rotatable bonds is 0. The summed E-state index contributed by atoms with van der Waals surface area (Å²) in [5.41, 5.74) is 0. The normalized spacial score (nSPS) is 66.0. The first-order valence-corrected chi connectivity index (χ1v) is 8.61. The third-order valence-corrected chi connectivity index (χ3v) is 8.08. The van der Waals surface area contributed by atoms with Gasteiger partial charge in [0, 0.05) is 0 Å². The zero-order valence-corrected chi connectivity index (χ0v) is 12.6. The fourth-order valence-electron chi connectivity index (χ4n) is 7.82. The van der Waals surface area contributed by atoms with Crippen LogP contribution in [0.15, 0.2) is 0 Å². The molecular weight excluding hydrogens is 216 g/mol. The summed E-state index contributed by atoms with van der Waals surface area (Å²) in [7, 11) is 0. The summed E-state index contributed by atoms with van der Waals surface area (Å²) in [5.74, 6) is 10.8. The fourth-order valence-corrected chi connectivity index (χ4v) is 7.82. The first kappa shape index (κ1) is 11.8. The van der Waals surface area contributed by atoms with E-state index in [9.17, 15) is 0 Å². The maximum Gasteiger partial charge on any atom is -0.0318 e. The average molecular weight is 246 g/mol. The van der Waals surface area contributed by atoms with Gasteiger partial charge in [0.25, 0.3) is 0 Å². The topological polar surface area (TPSA) is 0 Å². The van der Waals surface area contributed by atoms with Crippen molar-refractivity contribution < 1.29 is 0 Å². The molecule has 0 saturated heterocycles. The summed E-state index contributed by atoms with van der Waals surface area (Å²) in [6.07, 6.45) is 6.21. The van der Waals surface area contributed by atoms with E-state index in [0.717, 1.165) is 59.2 Å². The van der Waals surface area contributed by atoms with Crippen LogP contribution in [0.3, 0.4) is 0 Å². The van der Waals surface area contributed by atoms with E-state index in [1.807, 2.05) is 0 Å². The fraction of sp³-hybridized carbons (Fsp3) is 1.00. The van der Waals surface area contributed by atoms with E-state index in [2.05, 4.69) is 27.7 Å². The van der Waals surface area contributed by atoms with Crippen molar-refractivity contribution in [1.29, 1.82) is 0 Å². The Morgan fingerprint density at radius 3 is 1.39 bits per heavy atom. The van der Waals surface area contributed by atoms with Gasteiger partial charge in [0.15, 0.2) is 0 Å².